The summed E-state index contributed by atoms with van der Waals surface area (Å²) in [7, 11) is 0. The molecule has 1 aromatic rings. The monoisotopic (exact) mass is 137 g/mol. The van der Waals surface area contributed by atoms with E-state index in [2.05, 4.69) is 0 Å². The molecule has 0 unspecified atom stereocenters. The van der Waals surface area contributed by atoms with Crippen molar-refractivity contribution in [2.24, 2.45) is 0 Å². The van der Waals surface area contributed by atoms with Crippen molar-refractivity contribution in [2.75, 3.05) is 0 Å². The van der Waals surface area contributed by atoms with Crippen LogP contribution in [0.15, 0.2) is 24.3 Å². The molecule has 0 heterocycles. The van der Waals surface area contributed by atoms with E-state index in [4.69, 9.17) is 9.90 Å². The highest BCUT2D eigenvalue weighted by molar-refractivity contribution is 5.58. The van der Waals surface area contributed by atoms with Crippen LogP contribution in [0.3, 0.4) is 0 Å². The van der Waals surface area contributed by atoms with Gasteiger partial charge in [0.05, 0.1) is 6.42 Å². The van der Waals surface area contributed by atoms with Crippen LogP contribution < -0.4 is 0 Å². The van der Waals surface area contributed by atoms with Crippen LogP contribution in [0.1, 0.15) is 5.56 Å². The van der Waals surface area contributed by atoms with E-state index in [1.165, 1.54) is 0 Å². The molecular formula is C8H9O2+. The Morgan fingerprint density at radius 2 is 2.10 bits per heavy atom. The maximum absolute atomic E-state index is 9.11. The zero-order valence-corrected chi connectivity index (χ0v) is 5.49. The maximum atomic E-state index is 9.11. The van der Waals surface area contributed by atoms with Gasteiger partial charge in [0.1, 0.15) is 5.75 Å². The third kappa shape index (κ3) is 1.35. The molecule has 0 aliphatic carbocycles. The molecule has 0 atom stereocenters. The summed E-state index contributed by atoms with van der Waals surface area (Å²) >= 11 is 0. The Hall–Kier alpha value is -1.31. The van der Waals surface area contributed by atoms with Gasteiger partial charge < -0.3 is 5.11 Å². The Morgan fingerprint density at radius 3 is 2.70 bits per heavy atom. The third-order valence-electron chi connectivity index (χ3n) is 1.30. The second-order valence-electron chi connectivity index (χ2n) is 2.02. The van der Waals surface area contributed by atoms with Crippen LogP contribution in [0.2, 0.25) is 0 Å². The summed E-state index contributed by atoms with van der Waals surface area (Å²) in [5.41, 5.74) is 0.741. The highest BCUT2D eigenvalue weighted by Gasteiger charge is 1.97. The van der Waals surface area contributed by atoms with Crippen LogP contribution >= 0.6 is 0 Å². The van der Waals surface area contributed by atoms with Crippen molar-refractivity contribution < 1.29 is 9.90 Å². The molecule has 1 aromatic carbocycles. The van der Waals surface area contributed by atoms with Crippen molar-refractivity contribution in [1.29, 1.82) is 0 Å². The number of benzene rings is 1. The lowest BCUT2D eigenvalue weighted by Gasteiger charge is -1.95. The number of para-hydroxylation sites is 1. The first kappa shape index (κ1) is 6.81. The molecule has 0 saturated heterocycles. The summed E-state index contributed by atoms with van der Waals surface area (Å²) in [4.78, 5) is 8.41. The first-order valence-corrected chi connectivity index (χ1v) is 3.07. The predicted molar refractivity (Wildman–Crippen MR) is 39.8 cm³/mol. The molecule has 0 radical (unpaired) electrons. The second kappa shape index (κ2) is 3.01. The number of hydrogen-bond donors (Lipinski definition) is 1. The fourth-order valence-electron chi connectivity index (χ4n) is 0.782. The largest absolute Gasteiger partial charge is 0.508 e. The quantitative estimate of drug-likeness (QED) is 0.481. The van der Waals surface area contributed by atoms with E-state index in [0.717, 1.165) is 11.8 Å². The minimum Gasteiger partial charge on any atom is -0.508 e. The molecule has 0 aliphatic heterocycles. The van der Waals surface area contributed by atoms with Gasteiger partial charge in [0.25, 0.3) is 6.29 Å². The molecule has 0 aliphatic rings. The smallest absolute Gasteiger partial charge is 0.286 e. The van der Waals surface area contributed by atoms with Gasteiger partial charge >= 0.3 is 0 Å². The Bertz CT molecular complexity index is 230. The Morgan fingerprint density at radius 1 is 1.40 bits per heavy atom. The molecule has 2 N–H and O–H groups in total. The van der Waals surface area contributed by atoms with E-state index >= 15 is 0 Å². The number of hydrogen-bond acceptors (Lipinski definition) is 1. The standard InChI is InChI=1S/C8H8O2/c9-6-5-7-3-1-2-4-8(7)10/h1-4,6,10H,5H2/p+1. The van der Waals surface area contributed by atoms with E-state index in [9.17, 15) is 0 Å². The summed E-state index contributed by atoms with van der Waals surface area (Å²) in [6.45, 7) is 0. The summed E-state index contributed by atoms with van der Waals surface area (Å²) in [6, 6.07) is 6.93. The van der Waals surface area contributed by atoms with Gasteiger partial charge in [-0.2, -0.15) is 0 Å². The lowest BCUT2D eigenvalue weighted by molar-refractivity contribution is 0.470. The molecule has 2 heteroatoms. The molecular weight excluding hydrogens is 128 g/mol. The normalized spacial score (nSPS) is 9.20. The molecule has 0 saturated carbocycles. The fraction of sp³-hybridized carbons (Fsp3) is 0.125. The van der Waals surface area contributed by atoms with Crippen molar-refractivity contribution in [1.82, 2.24) is 0 Å². The van der Waals surface area contributed by atoms with Gasteiger partial charge in [-0.05, 0) is 6.07 Å². The number of aromatic hydroxyl groups is 1. The Labute approximate surface area is 59.1 Å². The maximum Gasteiger partial charge on any atom is 0.286 e. The average Bonchev–Trinajstić information content (AvgIpc) is 1.94. The molecule has 2 nitrogen and oxygen atoms in total. The average molecular weight is 137 g/mol. The molecule has 10 heavy (non-hydrogen) atoms. The van der Waals surface area contributed by atoms with Gasteiger partial charge in [-0.25, -0.2) is 0 Å². The number of phenols is 1. The highest BCUT2D eigenvalue weighted by atomic mass is 16.3. The molecule has 0 fully saturated rings. The Balaban J connectivity index is 2.91. The zero-order valence-electron chi connectivity index (χ0n) is 5.49. The lowest BCUT2D eigenvalue weighted by atomic mass is 10.1. The van der Waals surface area contributed by atoms with Gasteiger partial charge in [-0.1, -0.05) is 18.2 Å². The minimum atomic E-state index is 0.229. The summed E-state index contributed by atoms with van der Waals surface area (Å²) in [5.74, 6) is 0.229. The van der Waals surface area contributed by atoms with Crippen LogP contribution in [0.4, 0.5) is 0 Å². The van der Waals surface area contributed by atoms with Crippen LogP contribution in [0.25, 0.3) is 0 Å². The molecule has 52 valence electrons. The number of aldehydes is 1. The van der Waals surface area contributed by atoms with E-state index in [-0.39, 0.29) is 5.75 Å². The van der Waals surface area contributed by atoms with Crippen LogP contribution in [-0.4, -0.2) is 16.2 Å². The van der Waals surface area contributed by atoms with E-state index in [1.807, 2.05) is 6.07 Å². The molecule has 0 bridgehead atoms. The zero-order chi connectivity index (χ0) is 7.40. The van der Waals surface area contributed by atoms with Gasteiger partial charge in [0.15, 0.2) is 0 Å². The predicted octanol–water partition coefficient (Wildman–Crippen LogP) is 1.11. The topological polar surface area (TPSA) is 41.6 Å². The van der Waals surface area contributed by atoms with Crippen molar-refractivity contribution in [3.05, 3.63) is 29.8 Å². The number of carbonyl (C=O) groups excluding carboxylic acids is 1. The van der Waals surface area contributed by atoms with Crippen LogP contribution in [-0.2, 0) is 6.42 Å². The van der Waals surface area contributed by atoms with Crippen molar-refractivity contribution in [3.8, 4) is 5.75 Å². The van der Waals surface area contributed by atoms with Crippen molar-refractivity contribution >= 4 is 6.29 Å². The van der Waals surface area contributed by atoms with Crippen LogP contribution in [0, 0.1) is 0 Å². The van der Waals surface area contributed by atoms with E-state index < -0.39 is 0 Å². The van der Waals surface area contributed by atoms with E-state index in [0.29, 0.717) is 6.42 Å². The SMILES string of the molecule is Oc1ccccc1CC=[OH+]. The summed E-state index contributed by atoms with van der Waals surface area (Å²) in [6.07, 6.45) is 1.42. The first-order valence-electron chi connectivity index (χ1n) is 3.07. The second-order valence-corrected chi connectivity index (χ2v) is 2.02. The number of rotatable bonds is 2. The minimum absolute atomic E-state index is 0.229. The van der Waals surface area contributed by atoms with Gasteiger partial charge in [0.2, 0.25) is 0 Å². The Kier molecular flexibility index (Phi) is 2.05. The van der Waals surface area contributed by atoms with Gasteiger partial charge in [-0.3, -0.25) is 4.79 Å². The summed E-state index contributed by atoms with van der Waals surface area (Å²) in [5, 5.41) is 9.11. The molecule has 0 amide bonds. The highest BCUT2D eigenvalue weighted by Crippen LogP contribution is 2.14. The van der Waals surface area contributed by atoms with Crippen molar-refractivity contribution in [3.63, 3.8) is 0 Å². The third-order valence-corrected chi connectivity index (χ3v) is 1.30. The molecule has 0 aromatic heterocycles. The van der Waals surface area contributed by atoms with Gasteiger partial charge in [-0.15, -0.1) is 0 Å². The molecule has 1 rings (SSSR count). The van der Waals surface area contributed by atoms with E-state index in [1.54, 1.807) is 18.2 Å². The number of phenolic OH excluding ortho intramolecular Hbond substituents is 1. The summed E-state index contributed by atoms with van der Waals surface area (Å²) < 4.78 is 0. The first-order chi connectivity index (χ1) is 4.84. The van der Waals surface area contributed by atoms with Crippen LogP contribution in [0.5, 0.6) is 5.75 Å². The fourth-order valence-corrected chi connectivity index (χ4v) is 0.782. The lowest BCUT2D eigenvalue weighted by Crippen LogP contribution is -1.85. The molecule has 0 spiro atoms. The van der Waals surface area contributed by atoms with Crippen molar-refractivity contribution in [2.45, 2.75) is 6.42 Å². The van der Waals surface area contributed by atoms with Gasteiger partial charge in [0, 0.05) is 5.56 Å².